The van der Waals surface area contributed by atoms with Crippen molar-refractivity contribution in [1.82, 2.24) is 0 Å². The number of hydrogen-bond donors (Lipinski definition) is 1. The molecule has 60 valence electrons. The maximum atomic E-state index is 10.7. The van der Waals surface area contributed by atoms with E-state index in [9.17, 15) is 4.79 Å². The van der Waals surface area contributed by atoms with Crippen LogP contribution < -0.4 is 0 Å². The summed E-state index contributed by atoms with van der Waals surface area (Å²) in [5.74, 6) is 0.369. The molecule has 0 aromatic rings. The van der Waals surface area contributed by atoms with Crippen molar-refractivity contribution < 1.29 is 9.90 Å². The zero-order chi connectivity index (χ0) is 7.84. The van der Waals surface area contributed by atoms with E-state index in [0.717, 1.165) is 12.8 Å². The Labute approximate surface area is 65.9 Å². The van der Waals surface area contributed by atoms with Gasteiger partial charge in [-0.25, -0.2) is 4.79 Å². The van der Waals surface area contributed by atoms with E-state index in [2.05, 4.69) is 0 Å². The van der Waals surface area contributed by atoms with Crippen LogP contribution in [0.1, 0.15) is 25.7 Å². The molecule has 2 aliphatic carbocycles. The van der Waals surface area contributed by atoms with Crippen molar-refractivity contribution in [2.75, 3.05) is 0 Å². The van der Waals surface area contributed by atoms with Gasteiger partial charge in [0.15, 0.2) is 0 Å². The Bertz CT molecular complexity index is 218. The third-order valence-corrected chi connectivity index (χ3v) is 2.95. The lowest BCUT2D eigenvalue weighted by Crippen LogP contribution is -2.10. The Morgan fingerprint density at radius 1 is 1.55 bits per heavy atom. The number of allylic oxidation sites excluding steroid dienone is 1. The van der Waals surface area contributed by atoms with Gasteiger partial charge in [-0.1, -0.05) is 12.5 Å². The summed E-state index contributed by atoms with van der Waals surface area (Å²) in [6.45, 7) is 0. The molecule has 1 fully saturated rings. The van der Waals surface area contributed by atoms with Gasteiger partial charge in [-0.05, 0) is 31.1 Å². The summed E-state index contributed by atoms with van der Waals surface area (Å²) in [4.78, 5) is 10.7. The summed E-state index contributed by atoms with van der Waals surface area (Å²) in [5.41, 5.74) is 0.688. The fraction of sp³-hybridized carbons (Fsp3) is 0.667. The molecule has 0 saturated heterocycles. The van der Waals surface area contributed by atoms with Gasteiger partial charge in [0.05, 0.1) is 0 Å². The first kappa shape index (κ1) is 6.89. The van der Waals surface area contributed by atoms with Crippen LogP contribution in [0.5, 0.6) is 0 Å². The predicted molar refractivity (Wildman–Crippen MR) is 41.2 cm³/mol. The van der Waals surface area contributed by atoms with E-state index < -0.39 is 5.97 Å². The molecule has 2 rings (SSSR count). The van der Waals surface area contributed by atoms with Gasteiger partial charge in [0.2, 0.25) is 0 Å². The maximum Gasteiger partial charge on any atom is 0.331 e. The lowest BCUT2D eigenvalue weighted by atomic mass is 9.95. The van der Waals surface area contributed by atoms with E-state index in [1.807, 2.05) is 6.08 Å². The van der Waals surface area contributed by atoms with Crippen molar-refractivity contribution in [2.45, 2.75) is 25.7 Å². The molecule has 2 aliphatic rings. The Morgan fingerprint density at radius 3 is 3.09 bits per heavy atom. The van der Waals surface area contributed by atoms with Crippen LogP contribution in [0, 0.1) is 11.8 Å². The van der Waals surface area contributed by atoms with E-state index in [-0.39, 0.29) is 0 Å². The fourth-order valence-electron chi connectivity index (χ4n) is 2.40. The number of aliphatic carboxylic acids is 1. The van der Waals surface area contributed by atoms with Crippen LogP contribution in [-0.2, 0) is 4.79 Å². The Hall–Kier alpha value is -0.790. The van der Waals surface area contributed by atoms with Crippen molar-refractivity contribution >= 4 is 5.97 Å². The lowest BCUT2D eigenvalue weighted by molar-refractivity contribution is -0.133. The minimum Gasteiger partial charge on any atom is -0.478 e. The van der Waals surface area contributed by atoms with E-state index >= 15 is 0 Å². The molecule has 0 aromatic carbocycles. The summed E-state index contributed by atoms with van der Waals surface area (Å²) in [7, 11) is 0. The number of carbonyl (C=O) groups is 1. The Balaban J connectivity index is 2.18. The molecule has 0 amide bonds. The highest BCUT2D eigenvalue weighted by molar-refractivity contribution is 5.87. The molecule has 11 heavy (non-hydrogen) atoms. The molecular formula is C9H12O2. The van der Waals surface area contributed by atoms with Crippen LogP contribution in [0.4, 0.5) is 0 Å². The highest BCUT2D eigenvalue weighted by Crippen LogP contribution is 2.43. The van der Waals surface area contributed by atoms with Crippen molar-refractivity contribution in [3.63, 3.8) is 0 Å². The summed E-state index contributed by atoms with van der Waals surface area (Å²) in [6.07, 6.45) is 6.48. The van der Waals surface area contributed by atoms with E-state index in [0.29, 0.717) is 17.4 Å². The van der Waals surface area contributed by atoms with Gasteiger partial charge in [-0.2, -0.15) is 0 Å². The maximum absolute atomic E-state index is 10.7. The molecule has 0 aromatic heterocycles. The molecule has 0 heterocycles. The van der Waals surface area contributed by atoms with Gasteiger partial charge in [0, 0.05) is 5.57 Å². The average Bonchev–Trinajstić information content (AvgIpc) is 2.41. The molecule has 1 N–H and O–H groups in total. The standard InChI is InChI=1S/C9H12O2/c10-9(11)8-5-4-6-2-1-3-7(6)8/h5-7H,1-4H2,(H,10,11)/t6-,7-/m0/s1. The molecule has 0 aliphatic heterocycles. The Morgan fingerprint density at radius 2 is 2.36 bits per heavy atom. The molecule has 0 radical (unpaired) electrons. The molecular weight excluding hydrogens is 140 g/mol. The molecule has 0 unspecified atom stereocenters. The third kappa shape index (κ3) is 0.971. The molecule has 2 nitrogen and oxygen atoms in total. The van der Waals surface area contributed by atoms with Crippen molar-refractivity contribution in [2.24, 2.45) is 11.8 Å². The predicted octanol–water partition coefficient (Wildman–Crippen LogP) is 1.82. The molecule has 2 atom stereocenters. The van der Waals surface area contributed by atoms with Crippen LogP contribution in [-0.4, -0.2) is 11.1 Å². The second-order valence-electron chi connectivity index (χ2n) is 3.50. The minimum absolute atomic E-state index is 0.396. The van der Waals surface area contributed by atoms with Crippen LogP contribution in [0.25, 0.3) is 0 Å². The number of rotatable bonds is 1. The van der Waals surface area contributed by atoms with Crippen LogP contribution >= 0.6 is 0 Å². The lowest BCUT2D eigenvalue weighted by Gasteiger charge is -2.09. The fourth-order valence-corrected chi connectivity index (χ4v) is 2.40. The van der Waals surface area contributed by atoms with Crippen LogP contribution in [0.3, 0.4) is 0 Å². The molecule has 1 saturated carbocycles. The van der Waals surface area contributed by atoms with Crippen molar-refractivity contribution in [1.29, 1.82) is 0 Å². The number of carboxylic acids is 1. The third-order valence-electron chi connectivity index (χ3n) is 2.95. The first-order valence-corrected chi connectivity index (χ1v) is 4.22. The zero-order valence-electron chi connectivity index (χ0n) is 6.42. The smallest absolute Gasteiger partial charge is 0.331 e. The molecule has 0 bridgehead atoms. The monoisotopic (exact) mass is 152 g/mol. The van der Waals surface area contributed by atoms with Gasteiger partial charge < -0.3 is 5.11 Å². The summed E-state index contributed by atoms with van der Waals surface area (Å²) in [6, 6.07) is 0. The topological polar surface area (TPSA) is 37.3 Å². The SMILES string of the molecule is O=C(O)C1=CC[C@@H]2CCC[C@H]12. The first-order valence-electron chi connectivity index (χ1n) is 4.22. The Kier molecular flexibility index (Phi) is 1.48. The van der Waals surface area contributed by atoms with Gasteiger partial charge in [0.1, 0.15) is 0 Å². The quantitative estimate of drug-likeness (QED) is 0.622. The number of hydrogen-bond acceptors (Lipinski definition) is 1. The van der Waals surface area contributed by atoms with Crippen molar-refractivity contribution in [3.8, 4) is 0 Å². The highest BCUT2D eigenvalue weighted by atomic mass is 16.4. The largest absolute Gasteiger partial charge is 0.478 e. The van der Waals surface area contributed by atoms with E-state index in [1.165, 1.54) is 12.8 Å². The van der Waals surface area contributed by atoms with Crippen molar-refractivity contribution in [3.05, 3.63) is 11.6 Å². The number of fused-ring (bicyclic) bond motifs is 1. The molecule has 2 heteroatoms. The highest BCUT2D eigenvalue weighted by Gasteiger charge is 2.36. The molecule has 0 spiro atoms. The van der Waals surface area contributed by atoms with Gasteiger partial charge in [-0.15, -0.1) is 0 Å². The minimum atomic E-state index is -0.695. The summed E-state index contributed by atoms with van der Waals surface area (Å²) < 4.78 is 0. The van der Waals surface area contributed by atoms with Crippen LogP contribution in [0.2, 0.25) is 0 Å². The summed E-state index contributed by atoms with van der Waals surface area (Å²) >= 11 is 0. The second kappa shape index (κ2) is 2.36. The van der Waals surface area contributed by atoms with Gasteiger partial charge in [-0.3, -0.25) is 0 Å². The first-order chi connectivity index (χ1) is 5.29. The van der Waals surface area contributed by atoms with Gasteiger partial charge in [0.25, 0.3) is 0 Å². The van der Waals surface area contributed by atoms with Gasteiger partial charge >= 0.3 is 5.97 Å². The summed E-state index contributed by atoms with van der Waals surface area (Å²) in [5, 5.41) is 8.79. The second-order valence-corrected chi connectivity index (χ2v) is 3.50. The van der Waals surface area contributed by atoms with Crippen LogP contribution in [0.15, 0.2) is 11.6 Å². The average molecular weight is 152 g/mol. The zero-order valence-corrected chi connectivity index (χ0v) is 6.42. The number of carboxylic acid groups (broad SMARTS) is 1. The van der Waals surface area contributed by atoms with E-state index in [1.54, 1.807) is 0 Å². The van der Waals surface area contributed by atoms with E-state index in [4.69, 9.17) is 5.11 Å². The normalized spacial score (nSPS) is 35.1.